The first kappa shape index (κ1) is 35.2. The smallest absolute Gasteiger partial charge is 0.338 e. The summed E-state index contributed by atoms with van der Waals surface area (Å²) in [5.74, 6) is -1.69. The van der Waals surface area contributed by atoms with E-state index in [1.807, 2.05) is 6.07 Å². The SMILES string of the molecule is COc1cc(-c2c(C#N)c(N)nc(SC3CC(=O)N(c4ccc(C(=O)OCC(=O)c5ccc(Cl)cc5)cc4)C3=O)c2C#N)cc(OC)c1OC. The molecule has 50 heavy (non-hydrogen) atoms. The molecule has 1 unspecified atom stereocenters. The number of nitrogens with two attached hydrogens (primary N) is 1. The predicted molar refractivity (Wildman–Crippen MR) is 182 cm³/mol. The molecular formula is C35H26ClN5O8S. The molecule has 1 atom stereocenters. The third kappa shape index (κ3) is 6.89. The fourth-order valence-electron chi connectivity index (χ4n) is 5.18. The normalized spacial score (nSPS) is 13.7. The summed E-state index contributed by atoms with van der Waals surface area (Å²) in [4.78, 5) is 56.9. The first-order valence-corrected chi connectivity index (χ1v) is 15.8. The molecule has 0 spiro atoms. The maximum absolute atomic E-state index is 13.6. The van der Waals surface area contributed by atoms with Crippen molar-refractivity contribution >= 4 is 58.4 Å². The lowest BCUT2D eigenvalue weighted by Gasteiger charge is -2.18. The number of ether oxygens (including phenoxy) is 4. The van der Waals surface area contributed by atoms with Gasteiger partial charge in [-0.05, 0) is 66.2 Å². The second kappa shape index (κ2) is 15.0. The molecule has 1 aliphatic rings. The molecule has 5 rings (SSSR count). The van der Waals surface area contributed by atoms with Crippen LogP contribution in [-0.4, -0.2) is 61.7 Å². The molecular weight excluding hydrogens is 686 g/mol. The number of anilines is 2. The van der Waals surface area contributed by atoms with Gasteiger partial charge in [0.15, 0.2) is 23.9 Å². The standard InChI is InChI=1S/C35H26ClN5O8S/c1-46-26-12-20(13-27(47-2)31(26)48-3)30-23(15-37)32(39)40-33(24(30)16-38)50-28-14-29(43)41(34(28)44)22-10-6-19(7-11-22)35(45)49-17-25(42)18-4-8-21(36)9-5-18/h4-13,28H,14,17H2,1-3H3,(H2,39,40). The summed E-state index contributed by atoms with van der Waals surface area (Å²) in [7, 11) is 4.26. The van der Waals surface area contributed by atoms with Crippen LogP contribution in [0.1, 0.15) is 38.3 Å². The van der Waals surface area contributed by atoms with Crippen LogP contribution in [0.15, 0.2) is 65.7 Å². The fraction of sp³-hybridized carbons (Fsp3) is 0.171. The van der Waals surface area contributed by atoms with Crippen LogP contribution in [0.25, 0.3) is 11.1 Å². The molecule has 2 N–H and O–H groups in total. The number of aromatic nitrogens is 1. The number of amides is 2. The Hall–Kier alpha value is -6.09. The Morgan fingerprint density at radius 1 is 0.940 bits per heavy atom. The first-order valence-electron chi connectivity index (χ1n) is 14.6. The molecule has 13 nitrogen and oxygen atoms in total. The van der Waals surface area contributed by atoms with E-state index in [-0.39, 0.29) is 62.5 Å². The van der Waals surface area contributed by atoms with E-state index in [1.165, 1.54) is 57.7 Å². The predicted octanol–water partition coefficient (Wildman–Crippen LogP) is 5.22. The van der Waals surface area contributed by atoms with E-state index in [0.29, 0.717) is 16.1 Å². The number of carbonyl (C=O) groups excluding carboxylic acids is 4. The highest BCUT2D eigenvalue weighted by molar-refractivity contribution is 8.00. The second-order valence-corrected chi connectivity index (χ2v) is 12.1. The molecule has 2 amide bonds. The number of hydrogen-bond donors (Lipinski definition) is 1. The maximum atomic E-state index is 13.6. The Labute approximate surface area is 295 Å². The van der Waals surface area contributed by atoms with Gasteiger partial charge in [-0.25, -0.2) is 14.7 Å². The van der Waals surface area contributed by atoms with Gasteiger partial charge in [-0.15, -0.1) is 0 Å². The van der Waals surface area contributed by atoms with Gasteiger partial charge in [-0.2, -0.15) is 10.5 Å². The van der Waals surface area contributed by atoms with Gasteiger partial charge in [-0.3, -0.25) is 14.4 Å². The van der Waals surface area contributed by atoms with Gasteiger partial charge < -0.3 is 24.7 Å². The molecule has 15 heteroatoms. The molecule has 1 aromatic heterocycles. The van der Waals surface area contributed by atoms with Crippen LogP contribution in [0, 0.1) is 22.7 Å². The number of pyridine rings is 1. The summed E-state index contributed by atoms with van der Waals surface area (Å²) in [6.45, 7) is -0.496. The number of nitriles is 2. The minimum Gasteiger partial charge on any atom is -0.493 e. The van der Waals surface area contributed by atoms with E-state index < -0.39 is 35.4 Å². The van der Waals surface area contributed by atoms with Gasteiger partial charge >= 0.3 is 5.97 Å². The monoisotopic (exact) mass is 711 g/mol. The Balaban J connectivity index is 1.37. The van der Waals surface area contributed by atoms with Crippen LogP contribution in [0.3, 0.4) is 0 Å². The van der Waals surface area contributed by atoms with Crippen molar-refractivity contribution in [2.75, 3.05) is 38.6 Å². The number of nitrogens with zero attached hydrogens (tertiary/aromatic N) is 4. The number of halogens is 1. The summed E-state index contributed by atoms with van der Waals surface area (Å²) in [5.41, 5.74) is 7.15. The zero-order valence-corrected chi connectivity index (χ0v) is 28.3. The average Bonchev–Trinajstić information content (AvgIpc) is 3.40. The third-order valence-corrected chi connectivity index (χ3v) is 9.01. The number of nitrogen functional groups attached to an aromatic ring is 1. The Kier molecular flexibility index (Phi) is 10.6. The van der Waals surface area contributed by atoms with Crippen molar-refractivity contribution in [2.45, 2.75) is 16.7 Å². The second-order valence-electron chi connectivity index (χ2n) is 10.5. The van der Waals surface area contributed by atoms with Gasteiger partial charge in [-0.1, -0.05) is 23.4 Å². The van der Waals surface area contributed by atoms with Crippen LogP contribution >= 0.6 is 23.4 Å². The lowest BCUT2D eigenvalue weighted by atomic mass is 9.96. The first-order chi connectivity index (χ1) is 24.0. The maximum Gasteiger partial charge on any atom is 0.338 e. The van der Waals surface area contributed by atoms with Crippen LogP contribution < -0.4 is 24.8 Å². The van der Waals surface area contributed by atoms with Crippen molar-refractivity contribution in [1.82, 2.24) is 4.98 Å². The molecule has 0 bridgehead atoms. The average molecular weight is 712 g/mol. The number of thioether (sulfide) groups is 1. The lowest BCUT2D eigenvalue weighted by Crippen LogP contribution is -2.31. The van der Waals surface area contributed by atoms with Crippen LogP contribution in [0.2, 0.25) is 5.02 Å². The molecule has 0 radical (unpaired) electrons. The lowest BCUT2D eigenvalue weighted by molar-refractivity contribution is -0.121. The van der Waals surface area contributed by atoms with Crippen molar-refractivity contribution in [3.8, 4) is 40.5 Å². The van der Waals surface area contributed by atoms with Gasteiger partial charge in [0.1, 0.15) is 28.5 Å². The number of imide groups is 1. The molecule has 3 aromatic carbocycles. The van der Waals surface area contributed by atoms with Gasteiger partial charge in [0.05, 0.1) is 43.4 Å². The number of methoxy groups -OCH3 is 3. The number of hydrogen-bond acceptors (Lipinski definition) is 13. The van der Waals surface area contributed by atoms with Gasteiger partial charge in [0.2, 0.25) is 17.6 Å². The number of ketones is 1. The fourth-order valence-corrected chi connectivity index (χ4v) is 6.42. The van der Waals surface area contributed by atoms with E-state index in [1.54, 1.807) is 24.3 Å². The van der Waals surface area contributed by atoms with Crippen molar-refractivity contribution in [2.24, 2.45) is 0 Å². The summed E-state index contributed by atoms with van der Waals surface area (Å²) in [6.07, 6.45) is -0.230. The number of benzene rings is 3. The van der Waals surface area contributed by atoms with Crippen molar-refractivity contribution in [3.05, 3.63) is 87.9 Å². The van der Waals surface area contributed by atoms with E-state index in [2.05, 4.69) is 11.1 Å². The quantitative estimate of drug-likeness (QED) is 0.121. The number of esters is 1. The van der Waals surface area contributed by atoms with E-state index >= 15 is 0 Å². The molecule has 252 valence electrons. The summed E-state index contributed by atoms with van der Waals surface area (Å²) >= 11 is 6.71. The molecule has 1 saturated heterocycles. The molecule has 0 aliphatic carbocycles. The number of carbonyl (C=O) groups is 4. The Morgan fingerprint density at radius 2 is 1.54 bits per heavy atom. The van der Waals surface area contributed by atoms with E-state index in [0.717, 1.165) is 16.7 Å². The zero-order valence-electron chi connectivity index (χ0n) is 26.7. The van der Waals surface area contributed by atoms with Crippen LogP contribution in [0.5, 0.6) is 17.2 Å². The summed E-state index contributed by atoms with van der Waals surface area (Å²) in [5, 5.41) is 19.8. The molecule has 4 aromatic rings. The van der Waals surface area contributed by atoms with Crippen molar-refractivity contribution in [1.29, 1.82) is 10.5 Å². The highest BCUT2D eigenvalue weighted by atomic mass is 35.5. The molecule has 1 aliphatic heterocycles. The van der Waals surface area contributed by atoms with Gasteiger partial charge in [0.25, 0.3) is 0 Å². The topological polar surface area (TPSA) is 195 Å². The zero-order chi connectivity index (χ0) is 36.1. The third-order valence-electron chi connectivity index (χ3n) is 7.59. The Morgan fingerprint density at radius 3 is 2.10 bits per heavy atom. The highest BCUT2D eigenvalue weighted by Gasteiger charge is 2.41. The minimum absolute atomic E-state index is 0.0343. The summed E-state index contributed by atoms with van der Waals surface area (Å²) < 4.78 is 21.4. The van der Waals surface area contributed by atoms with Crippen molar-refractivity contribution < 1.29 is 38.1 Å². The van der Waals surface area contributed by atoms with E-state index in [4.69, 9.17) is 36.3 Å². The van der Waals surface area contributed by atoms with Gasteiger partial charge in [0, 0.05) is 22.6 Å². The largest absolute Gasteiger partial charge is 0.493 e. The minimum atomic E-state index is -0.995. The Bertz CT molecular complexity index is 2090. The number of Topliss-reactive ketones (excluding diaryl/α,β-unsaturated/α-hetero) is 1. The van der Waals surface area contributed by atoms with E-state index in [9.17, 15) is 29.7 Å². The number of rotatable bonds is 11. The molecule has 0 saturated carbocycles. The van der Waals surface area contributed by atoms with Crippen molar-refractivity contribution in [3.63, 3.8) is 0 Å². The highest BCUT2D eigenvalue weighted by Crippen LogP contribution is 2.45. The molecule has 2 heterocycles. The summed E-state index contributed by atoms with van der Waals surface area (Å²) in [6, 6.07) is 18.9. The van der Waals surface area contributed by atoms with Crippen LogP contribution in [0.4, 0.5) is 11.5 Å². The van der Waals surface area contributed by atoms with Crippen LogP contribution in [-0.2, 0) is 14.3 Å². The molecule has 1 fully saturated rings.